The summed E-state index contributed by atoms with van der Waals surface area (Å²) >= 11 is 0. The quantitative estimate of drug-likeness (QED) is 0.534. The molecule has 0 aromatic heterocycles. The normalized spacial score (nSPS) is 14.2. The molecule has 2 aromatic rings. The Labute approximate surface area is 155 Å². The molecule has 1 aliphatic rings. The average Bonchev–Trinajstić information content (AvgIpc) is 2.86. The van der Waals surface area contributed by atoms with E-state index in [1.807, 2.05) is 26.0 Å². The molecule has 0 fully saturated rings. The summed E-state index contributed by atoms with van der Waals surface area (Å²) in [5, 5.41) is 9.44. The topological polar surface area (TPSA) is 29.5 Å². The standard InChI is InChI=1S/C10H12O2.C10H15.Ti/c1-10(2)6-7-4-3-5-8(11)9(7)12-10;1-6-7(2)9(4)10(5)8(6)3;/h3-5,11H,6H2,1-2H3;1-5H3;/q;-1;. The van der Waals surface area contributed by atoms with Crippen LogP contribution in [0.3, 0.4) is 0 Å². The Bertz CT molecular complexity index is 616. The maximum Gasteiger partial charge on any atom is 0.165 e. The van der Waals surface area contributed by atoms with Gasteiger partial charge >= 0.3 is 0 Å². The minimum absolute atomic E-state index is 0. The molecule has 0 amide bonds. The van der Waals surface area contributed by atoms with E-state index in [0.29, 0.717) is 5.75 Å². The van der Waals surface area contributed by atoms with E-state index in [9.17, 15) is 5.11 Å². The summed E-state index contributed by atoms with van der Waals surface area (Å²) in [7, 11) is 0. The van der Waals surface area contributed by atoms with Crippen molar-refractivity contribution in [2.45, 2.75) is 60.5 Å². The van der Waals surface area contributed by atoms with Crippen molar-refractivity contribution in [3.05, 3.63) is 51.6 Å². The predicted molar refractivity (Wildman–Crippen MR) is 92.2 cm³/mol. The molecule has 0 spiro atoms. The second-order valence-electron chi connectivity index (χ2n) is 6.93. The van der Waals surface area contributed by atoms with Gasteiger partial charge in [-0.2, -0.15) is 27.8 Å². The van der Waals surface area contributed by atoms with Crippen LogP contribution < -0.4 is 4.74 Å². The van der Waals surface area contributed by atoms with Crippen LogP contribution in [0.25, 0.3) is 0 Å². The first-order chi connectivity index (χ1) is 10.1. The third-order valence-electron chi connectivity index (χ3n) is 4.88. The van der Waals surface area contributed by atoms with Crippen LogP contribution in [-0.4, -0.2) is 10.7 Å². The minimum Gasteiger partial charge on any atom is -0.504 e. The van der Waals surface area contributed by atoms with Gasteiger partial charge in [0.2, 0.25) is 0 Å². The van der Waals surface area contributed by atoms with Gasteiger partial charge in [-0.3, -0.25) is 0 Å². The van der Waals surface area contributed by atoms with Crippen molar-refractivity contribution in [3.8, 4) is 11.5 Å². The summed E-state index contributed by atoms with van der Waals surface area (Å²) in [6.45, 7) is 15.0. The summed E-state index contributed by atoms with van der Waals surface area (Å²) in [4.78, 5) is 0. The number of para-hydroxylation sites is 1. The number of aromatic hydroxyl groups is 1. The van der Waals surface area contributed by atoms with Crippen LogP contribution in [0.2, 0.25) is 0 Å². The molecule has 1 N–H and O–H groups in total. The molecule has 1 heterocycles. The van der Waals surface area contributed by atoms with E-state index in [1.54, 1.807) is 6.07 Å². The van der Waals surface area contributed by atoms with Gasteiger partial charge in [0.25, 0.3) is 0 Å². The number of phenolic OH excluding ortho intramolecular Hbond substituents is 1. The fourth-order valence-electron chi connectivity index (χ4n) is 3.01. The van der Waals surface area contributed by atoms with Gasteiger partial charge in [-0.1, -0.05) is 46.8 Å². The third-order valence-corrected chi connectivity index (χ3v) is 4.88. The Hall–Kier alpha value is -1.12. The van der Waals surface area contributed by atoms with E-state index in [0.717, 1.165) is 12.0 Å². The van der Waals surface area contributed by atoms with Crippen LogP contribution in [0.4, 0.5) is 0 Å². The molecular formula is C20H27O2Ti-. The van der Waals surface area contributed by atoms with E-state index in [1.165, 1.54) is 27.8 Å². The Morgan fingerprint density at radius 3 is 1.96 bits per heavy atom. The van der Waals surface area contributed by atoms with Gasteiger partial charge < -0.3 is 9.84 Å². The van der Waals surface area contributed by atoms with E-state index in [-0.39, 0.29) is 33.1 Å². The third kappa shape index (κ3) is 4.05. The summed E-state index contributed by atoms with van der Waals surface area (Å²) in [6.07, 6.45) is 0.872. The van der Waals surface area contributed by atoms with Gasteiger partial charge in [0.05, 0.1) is 0 Å². The Kier molecular flexibility index (Phi) is 6.23. The first kappa shape index (κ1) is 19.9. The summed E-state index contributed by atoms with van der Waals surface area (Å²) in [6, 6.07) is 5.49. The summed E-state index contributed by atoms with van der Waals surface area (Å²) in [5.41, 5.74) is 8.27. The first-order valence-corrected chi connectivity index (χ1v) is 7.83. The molecule has 2 nitrogen and oxygen atoms in total. The first-order valence-electron chi connectivity index (χ1n) is 7.83. The number of hydrogen-bond donors (Lipinski definition) is 1. The smallest absolute Gasteiger partial charge is 0.165 e. The molecule has 0 atom stereocenters. The molecule has 23 heavy (non-hydrogen) atoms. The van der Waals surface area contributed by atoms with Gasteiger partial charge in [0, 0.05) is 33.7 Å². The van der Waals surface area contributed by atoms with Crippen LogP contribution in [0.15, 0.2) is 18.2 Å². The van der Waals surface area contributed by atoms with Crippen molar-refractivity contribution in [1.29, 1.82) is 0 Å². The van der Waals surface area contributed by atoms with Crippen molar-refractivity contribution >= 4 is 0 Å². The second-order valence-corrected chi connectivity index (χ2v) is 6.93. The number of ether oxygens (including phenoxy) is 1. The van der Waals surface area contributed by atoms with E-state index >= 15 is 0 Å². The molecule has 2 aromatic carbocycles. The van der Waals surface area contributed by atoms with Crippen molar-refractivity contribution < 1.29 is 31.6 Å². The predicted octanol–water partition coefficient (Wildman–Crippen LogP) is 5.05. The van der Waals surface area contributed by atoms with Crippen molar-refractivity contribution in [2.75, 3.05) is 0 Å². The fourth-order valence-corrected chi connectivity index (χ4v) is 3.01. The number of fused-ring (bicyclic) bond motifs is 1. The van der Waals surface area contributed by atoms with Gasteiger partial charge in [0.1, 0.15) is 5.60 Å². The van der Waals surface area contributed by atoms with E-state index < -0.39 is 0 Å². The van der Waals surface area contributed by atoms with Crippen LogP contribution in [-0.2, 0) is 28.1 Å². The summed E-state index contributed by atoms with van der Waals surface area (Å²) in [5.74, 6) is 0.903. The van der Waals surface area contributed by atoms with Gasteiger partial charge in [0.15, 0.2) is 11.5 Å². The largest absolute Gasteiger partial charge is 0.504 e. The second kappa shape index (κ2) is 7.19. The zero-order chi connectivity index (χ0) is 16.7. The Balaban J connectivity index is 0.000000224. The zero-order valence-corrected chi connectivity index (χ0v) is 16.9. The maximum absolute atomic E-state index is 9.44. The molecular weight excluding hydrogens is 320 g/mol. The molecule has 3 heteroatoms. The maximum atomic E-state index is 9.44. The summed E-state index contributed by atoms with van der Waals surface area (Å²) < 4.78 is 5.58. The van der Waals surface area contributed by atoms with Crippen LogP contribution in [0, 0.1) is 34.6 Å². The van der Waals surface area contributed by atoms with Crippen LogP contribution in [0.1, 0.15) is 47.2 Å². The Morgan fingerprint density at radius 2 is 1.57 bits per heavy atom. The fraction of sp³-hybridized carbons (Fsp3) is 0.450. The molecule has 0 unspecified atom stereocenters. The molecule has 3 rings (SSSR count). The molecule has 0 saturated carbocycles. The molecule has 0 bridgehead atoms. The van der Waals surface area contributed by atoms with Crippen molar-refractivity contribution in [1.82, 2.24) is 0 Å². The molecule has 0 saturated heterocycles. The number of benzene rings is 1. The molecule has 1 aliphatic heterocycles. The molecule has 0 radical (unpaired) electrons. The monoisotopic (exact) mass is 347 g/mol. The number of rotatable bonds is 0. The van der Waals surface area contributed by atoms with Gasteiger partial charge in [-0.05, 0) is 19.9 Å². The van der Waals surface area contributed by atoms with Crippen LogP contribution >= 0.6 is 0 Å². The molecule has 124 valence electrons. The number of phenols is 1. The Morgan fingerprint density at radius 1 is 1.04 bits per heavy atom. The molecule has 0 aliphatic carbocycles. The van der Waals surface area contributed by atoms with Crippen molar-refractivity contribution in [3.63, 3.8) is 0 Å². The average molecular weight is 347 g/mol. The van der Waals surface area contributed by atoms with E-state index in [4.69, 9.17) is 4.74 Å². The van der Waals surface area contributed by atoms with Crippen LogP contribution in [0.5, 0.6) is 11.5 Å². The SMILES string of the molecule is CC1(C)Cc2cccc(O)c2O1.Cc1c(C)c(C)[c-](C)c1C.[Ti]. The zero-order valence-electron chi connectivity index (χ0n) is 15.3. The number of hydrogen-bond acceptors (Lipinski definition) is 2. The van der Waals surface area contributed by atoms with Gasteiger partial charge in [-0.15, -0.1) is 0 Å². The van der Waals surface area contributed by atoms with E-state index in [2.05, 4.69) is 34.6 Å². The van der Waals surface area contributed by atoms with Crippen molar-refractivity contribution in [2.24, 2.45) is 0 Å². The minimum atomic E-state index is -0.166. The van der Waals surface area contributed by atoms with Gasteiger partial charge in [-0.25, -0.2) is 0 Å².